The van der Waals surface area contributed by atoms with Gasteiger partial charge in [0, 0.05) is 29.1 Å². The first-order valence-electron chi connectivity index (χ1n) is 8.70. The van der Waals surface area contributed by atoms with Crippen LogP contribution in [0.1, 0.15) is 31.2 Å². The number of ether oxygens (including phenoxy) is 1. The maximum Gasteiger partial charge on any atom is 0.123 e. The van der Waals surface area contributed by atoms with Crippen LogP contribution in [0.2, 0.25) is 0 Å². The third-order valence-corrected chi connectivity index (χ3v) is 4.91. The molecule has 5 heteroatoms. The van der Waals surface area contributed by atoms with Gasteiger partial charge >= 0.3 is 0 Å². The molecule has 2 atom stereocenters. The zero-order valence-corrected chi connectivity index (χ0v) is 15.2. The molecule has 0 radical (unpaired) electrons. The van der Waals surface area contributed by atoms with Gasteiger partial charge in [-0.15, -0.1) is 12.4 Å². The highest BCUT2D eigenvalue weighted by Gasteiger charge is 2.24. The van der Waals surface area contributed by atoms with Crippen LogP contribution < -0.4 is 10.1 Å². The molecule has 1 aliphatic rings. The van der Waals surface area contributed by atoms with E-state index in [4.69, 9.17) is 4.74 Å². The van der Waals surface area contributed by atoms with E-state index in [9.17, 15) is 0 Å². The van der Waals surface area contributed by atoms with Gasteiger partial charge in [-0.25, -0.2) is 0 Å². The first-order valence-corrected chi connectivity index (χ1v) is 8.70. The third kappa shape index (κ3) is 3.90. The number of nitrogens with one attached hydrogen (secondary N) is 2. The van der Waals surface area contributed by atoms with Crippen LogP contribution in [-0.4, -0.2) is 22.3 Å². The molecule has 1 fully saturated rings. The number of hydrogen-bond donors (Lipinski definition) is 2. The number of fused-ring (bicyclic) bond motifs is 1. The molecule has 1 aromatic heterocycles. The highest BCUT2D eigenvalue weighted by molar-refractivity contribution is 5.85. The van der Waals surface area contributed by atoms with Crippen molar-refractivity contribution >= 4 is 29.0 Å². The van der Waals surface area contributed by atoms with Gasteiger partial charge < -0.3 is 10.1 Å². The summed E-state index contributed by atoms with van der Waals surface area (Å²) in [5.74, 6) is 0.981. The molecule has 0 aliphatic heterocycles. The van der Waals surface area contributed by atoms with E-state index in [-0.39, 0.29) is 18.5 Å². The van der Waals surface area contributed by atoms with Crippen LogP contribution in [0.15, 0.2) is 48.7 Å². The fraction of sp³-hybridized carbons (Fsp3) is 0.350. The molecule has 1 aliphatic carbocycles. The summed E-state index contributed by atoms with van der Waals surface area (Å²) in [6, 6.07) is 15.0. The Hall–Kier alpha value is -2.20. The highest BCUT2D eigenvalue weighted by atomic mass is 35.5. The minimum Gasteiger partial charge on any atom is -0.490 e. The zero-order chi connectivity index (χ0) is 16.4. The standard InChI is InChI=1S/C20H23N3O.ClH/c1-14-18-13-21-23-19(18)10-11-20(14)24-17-9-5-8-16(12-17)22-15-6-3-2-4-7-15;/h2-4,6-7,10-11,13,16-17,22H,5,8-9,12H2,1H3,(H,21,23);1H/t16-,17+;/m0./s1. The van der Waals surface area contributed by atoms with E-state index in [0.29, 0.717) is 6.04 Å². The van der Waals surface area contributed by atoms with Crippen molar-refractivity contribution in [2.75, 3.05) is 5.32 Å². The summed E-state index contributed by atoms with van der Waals surface area (Å²) in [7, 11) is 0. The molecule has 0 unspecified atom stereocenters. The Morgan fingerprint density at radius 2 is 1.96 bits per heavy atom. The van der Waals surface area contributed by atoms with Gasteiger partial charge in [0.25, 0.3) is 0 Å². The molecule has 1 heterocycles. The van der Waals surface area contributed by atoms with E-state index in [1.807, 2.05) is 18.3 Å². The number of hydrogen-bond acceptors (Lipinski definition) is 3. The summed E-state index contributed by atoms with van der Waals surface area (Å²) in [5, 5.41) is 11.9. The summed E-state index contributed by atoms with van der Waals surface area (Å²) >= 11 is 0. The quantitative estimate of drug-likeness (QED) is 0.683. The molecular formula is C20H24ClN3O. The molecule has 2 N–H and O–H groups in total. The molecule has 0 saturated heterocycles. The van der Waals surface area contributed by atoms with Crippen LogP contribution in [0.25, 0.3) is 10.9 Å². The zero-order valence-electron chi connectivity index (χ0n) is 14.4. The Morgan fingerprint density at radius 1 is 1.12 bits per heavy atom. The molecule has 0 bridgehead atoms. The molecule has 3 aromatic rings. The van der Waals surface area contributed by atoms with Crippen molar-refractivity contribution in [1.29, 1.82) is 0 Å². The van der Waals surface area contributed by atoms with E-state index in [1.54, 1.807) is 0 Å². The maximum atomic E-state index is 6.35. The van der Waals surface area contributed by atoms with Gasteiger partial charge in [0.15, 0.2) is 0 Å². The Bertz CT molecular complexity index is 818. The van der Waals surface area contributed by atoms with Gasteiger partial charge in [0.1, 0.15) is 11.9 Å². The van der Waals surface area contributed by atoms with Crippen LogP contribution in [0.3, 0.4) is 0 Å². The lowest BCUT2D eigenvalue weighted by Gasteiger charge is -2.31. The number of rotatable bonds is 4. The molecule has 4 rings (SSSR count). The van der Waals surface area contributed by atoms with E-state index in [0.717, 1.165) is 29.5 Å². The topological polar surface area (TPSA) is 49.9 Å². The third-order valence-electron chi connectivity index (χ3n) is 4.91. The Labute approximate surface area is 154 Å². The second-order valence-corrected chi connectivity index (χ2v) is 6.63. The normalized spacial score (nSPS) is 20.0. The van der Waals surface area contributed by atoms with Crippen LogP contribution in [0.4, 0.5) is 5.69 Å². The second kappa shape index (κ2) is 7.79. The number of nitrogens with zero attached hydrogens (tertiary/aromatic N) is 1. The van der Waals surface area contributed by atoms with Gasteiger partial charge in [-0.1, -0.05) is 18.2 Å². The average molecular weight is 358 g/mol. The largest absolute Gasteiger partial charge is 0.490 e. The van der Waals surface area contributed by atoms with Gasteiger partial charge in [0.2, 0.25) is 0 Å². The fourth-order valence-electron chi connectivity index (χ4n) is 3.60. The molecular weight excluding hydrogens is 334 g/mol. The highest BCUT2D eigenvalue weighted by Crippen LogP contribution is 2.30. The number of anilines is 1. The van der Waals surface area contributed by atoms with Crippen LogP contribution in [0.5, 0.6) is 5.75 Å². The lowest BCUT2D eigenvalue weighted by molar-refractivity contribution is 0.147. The SMILES string of the molecule is Cc1c(O[C@@H]2CCC[C@H](Nc3ccccc3)C2)ccc2[nH]ncc12.Cl. The molecule has 4 nitrogen and oxygen atoms in total. The summed E-state index contributed by atoms with van der Waals surface area (Å²) in [6.07, 6.45) is 6.70. The van der Waals surface area contributed by atoms with Crippen molar-refractivity contribution in [1.82, 2.24) is 10.2 Å². The lowest BCUT2D eigenvalue weighted by atomic mass is 9.92. The molecule has 1 saturated carbocycles. The minimum absolute atomic E-state index is 0. The minimum atomic E-state index is 0. The van der Waals surface area contributed by atoms with Crippen molar-refractivity contribution in [3.8, 4) is 5.75 Å². The van der Waals surface area contributed by atoms with E-state index >= 15 is 0 Å². The summed E-state index contributed by atoms with van der Waals surface area (Å²) in [5.41, 5.74) is 3.42. The lowest BCUT2D eigenvalue weighted by Crippen LogP contribution is -2.33. The predicted octanol–water partition coefficient (Wildman–Crippen LogP) is 5.10. The fourth-order valence-corrected chi connectivity index (χ4v) is 3.60. The molecule has 132 valence electrons. The van der Waals surface area contributed by atoms with E-state index < -0.39 is 0 Å². The van der Waals surface area contributed by atoms with Crippen LogP contribution in [0, 0.1) is 6.92 Å². The van der Waals surface area contributed by atoms with Gasteiger partial charge in [-0.3, -0.25) is 5.10 Å². The number of H-pyrrole nitrogens is 1. The number of halogens is 1. The first kappa shape index (κ1) is 17.6. The summed E-state index contributed by atoms with van der Waals surface area (Å²) in [6.45, 7) is 2.11. The maximum absolute atomic E-state index is 6.35. The van der Waals surface area contributed by atoms with Gasteiger partial charge in [0.05, 0.1) is 11.7 Å². The summed E-state index contributed by atoms with van der Waals surface area (Å²) < 4.78 is 6.35. The van der Waals surface area contributed by atoms with E-state index in [1.165, 1.54) is 24.1 Å². The Balaban J connectivity index is 0.00000182. The van der Waals surface area contributed by atoms with Crippen molar-refractivity contribution in [3.05, 3.63) is 54.2 Å². The monoisotopic (exact) mass is 357 g/mol. The van der Waals surface area contributed by atoms with E-state index in [2.05, 4.69) is 52.8 Å². The molecule has 0 amide bonds. The summed E-state index contributed by atoms with van der Waals surface area (Å²) in [4.78, 5) is 0. The number of aryl methyl sites for hydroxylation is 1. The van der Waals surface area contributed by atoms with Gasteiger partial charge in [-0.05, 0) is 50.5 Å². The molecule has 0 spiro atoms. The number of para-hydroxylation sites is 1. The van der Waals surface area contributed by atoms with Crippen molar-refractivity contribution in [2.45, 2.75) is 44.8 Å². The Kier molecular flexibility index (Phi) is 5.49. The smallest absolute Gasteiger partial charge is 0.123 e. The van der Waals surface area contributed by atoms with Crippen LogP contribution in [-0.2, 0) is 0 Å². The van der Waals surface area contributed by atoms with Crippen molar-refractivity contribution < 1.29 is 4.74 Å². The number of aromatic nitrogens is 2. The molecule has 25 heavy (non-hydrogen) atoms. The average Bonchev–Trinajstić information content (AvgIpc) is 3.08. The first-order chi connectivity index (χ1) is 11.8. The molecule has 2 aromatic carbocycles. The van der Waals surface area contributed by atoms with Gasteiger partial charge in [-0.2, -0.15) is 5.10 Å². The predicted molar refractivity (Wildman–Crippen MR) is 105 cm³/mol. The van der Waals surface area contributed by atoms with Crippen molar-refractivity contribution in [3.63, 3.8) is 0 Å². The Morgan fingerprint density at radius 3 is 2.80 bits per heavy atom. The second-order valence-electron chi connectivity index (χ2n) is 6.63. The number of benzene rings is 2. The number of aromatic amines is 1. The van der Waals surface area contributed by atoms with Crippen LogP contribution >= 0.6 is 12.4 Å². The van der Waals surface area contributed by atoms with Crippen molar-refractivity contribution in [2.24, 2.45) is 0 Å².